The van der Waals surface area contributed by atoms with Crippen LogP contribution >= 0.6 is 11.8 Å². The molecule has 0 atom stereocenters. The molecule has 0 bridgehead atoms. The first-order chi connectivity index (χ1) is 9.69. The zero-order valence-corrected chi connectivity index (χ0v) is 11.6. The summed E-state index contributed by atoms with van der Waals surface area (Å²) in [7, 11) is 3.21. The van der Waals surface area contributed by atoms with Gasteiger partial charge in [0.2, 0.25) is 0 Å². The van der Waals surface area contributed by atoms with Crippen LogP contribution in [0.4, 0.5) is 4.39 Å². The summed E-state index contributed by atoms with van der Waals surface area (Å²) in [6, 6.07) is 2.92. The van der Waals surface area contributed by atoms with Gasteiger partial charge in [0.1, 0.15) is 17.7 Å². The molecule has 3 rings (SSSR count). The van der Waals surface area contributed by atoms with Crippen molar-refractivity contribution in [2.24, 2.45) is 7.05 Å². The molecule has 102 valence electrons. The minimum atomic E-state index is -0.451. The first-order valence-corrected chi connectivity index (χ1v) is 6.51. The molecule has 2 aromatic heterocycles. The van der Waals surface area contributed by atoms with Crippen LogP contribution in [-0.2, 0) is 7.05 Å². The average Bonchev–Trinajstić information content (AvgIpc) is 2.84. The monoisotopic (exact) mass is 291 g/mol. The number of rotatable bonds is 3. The van der Waals surface area contributed by atoms with Crippen LogP contribution in [0.15, 0.2) is 35.0 Å². The molecule has 6 nitrogen and oxygen atoms in total. The first-order valence-electron chi connectivity index (χ1n) is 5.69. The molecule has 1 aromatic carbocycles. The Balaban J connectivity index is 2.13. The summed E-state index contributed by atoms with van der Waals surface area (Å²) in [5, 5.41) is 6.06. The fourth-order valence-corrected chi connectivity index (χ4v) is 2.56. The molecule has 20 heavy (non-hydrogen) atoms. The molecule has 0 unspecified atom stereocenters. The smallest absolute Gasteiger partial charge is 0.192 e. The Bertz CT molecular complexity index is 776. The van der Waals surface area contributed by atoms with E-state index < -0.39 is 5.82 Å². The lowest BCUT2D eigenvalue weighted by atomic mass is 10.2. The Hall–Kier alpha value is -2.22. The van der Waals surface area contributed by atoms with Crippen molar-refractivity contribution in [3.63, 3.8) is 0 Å². The Kier molecular flexibility index (Phi) is 3.23. The molecule has 0 amide bonds. The van der Waals surface area contributed by atoms with E-state index in [9.17, 15) is 4.39 Å². The Morgan fingerprint density at radius 1 is 1.20 bits per heavy atom. The highest BCUT2D eigenvalue weighted by Gasteiger charge is 2.13. The molecule has 8 heteroatoms. The molecule has 3 aromatic rings. The molecule has 0 N–H and O–H groups in total. The van der Waals surface area contributed by atoms with Crippen LogP contribution in [0.3, 0.4) is 0 Å². The first kappa shape index (κ1) is 12.8. The molecule has 0 radical (unpaired) electrons. The molecule has 2 heterocycles. The molecule has 0 fully saturated rings. The fraction of sp³-hybridized carbons (Fsp3) is 0.167. The van der Waals surface area contributed by atoms with Gasteiger partial charge in [0.15, 0.2) is 16.7 Å². The van der Waals surface area contributed by atoms with Gasteiger partial charge < -0.3 is 4.74 Å². The molecule has 0 saturated carbocycles. The lowest BCUT2D eigenvalue weighted by Crippen LogP contribution is -1.95. The number of ether oxygens (including phenoxy) is 1. The van der Waals surface area contributed by atoms with Crippen LogP contribution in [0.25, 0.3) is 10.9 Å². The van der Waals surface area contributed by atoms with E-state index in [1.807, 2.05) is 0 Å². The van der Waals surface area contributed by atoms with Crippen LogP contribution < -0.4 is 4.74 Å². The average molecular weight is 291 g/mol. The lowest BCUT2D eigenvalue weighted by Gasteiger charge is -2.07. The number of halogens is 1. The Labute approximate surface area is 118 Å². The third-order valence-electron chi connectivity index (χ3n) is 2.73. The molecule has 0 spiro atoms. The molecule has 0 saturated heterocycles. The lowest BCUT2D eigenvalue weighted by molar-refractivity contribution is 0.387. The SMILES string of the molecule is COc1cc2c(Sc3ncnn3C)ncnc2cc1F. The zero-order chi connectivity index (χ0) is 14.1. The van der Waals surface area contributed by atoms with Crippen molar-refractivity contribution < 1.29 is 9.13 Å². The van der Waals surface area contributed by atoms with Crippen LogP contribution in [0.5, 0.6) is 5.75 Å². The minimum absolute atomic E-state index is 0.159. The van der Waals surface area contributed by atoms with E-state index in [2.05, 4.69) is 20.1 Å². The van der Waals surface area contributed by atoms with Crippen molar-refractivity contribution in [3.05, 3.63) is 30.6 Å². The number of benzene rings is 1. The van der Waals surface area contributed by atoms with Gasteiger partial charge in [-0.25, -0.2) is 24.0 Å². The number of aryl methyl sites for hydroxylation is 1. The predicted octanol–water partition coefficient (Wildman–Crippen LogP) is 2.06. The topological polar surface area (TPSA) is 65.7 Å². The summed E-state index contributed by atoms with van der Waals surface area (Å²) in [5.74, 6) is -0.291. The minimum Gasteiger partial charge on any atom is -0.494 e. The fourth-order valence-electron chi connectivity index (χ4n) is 1.74. The van der Waals surface area contributed by atoms with Crippen molar-refractivity contribution >= 4 is 22.7 Å². The Morgan fingerprint density at radius 3 is 2.75 bits per heavy atom. The number of hydrogen-bond acceptors (Lipinski definition) is 6. The maximum Gasteiger partial charge on any atom is 0.192 e. The van der Waals surface area contributed by atoms with Crippen LogP contribution in [0.2, 0.25) is 0 Å². The van der Waals surface area contributed by atoms with Crippen molar-refractivity contribution in [3.8, 4) is 5.75 Å². The molecular weight excluding hydrogens is 281 g/mol. The largest absolute Gasteiger partial charge is 0.494 e. The van der Waals surface area contributed by atoms with E-state index in [0.717, 1.165) is 0 Å². The van der Waals surface area contributed by atoms with Crippen molar-refractivity contribution in [1.29, 1.82) is 0 Å². The van der Waals surface area contributed by atoms with E-state index >= 15 is 0 Å². The second-order valence-electron chi connectivity index (χ2n) is 3.95. The number of nitrogens with zero attached hydrogens (tertiary/aromatic N) is 5. The Morgan fingerprint density at radius 2 is 2.05 bits per heavy atom. The van der Waals surface area contributed by atoms with Crippen LogP contribution in [0.1, 0.15) is 0 Å². The number of aromatic nitrogens is 5. The van der Waals surface area contributed by atoms with Crippen LogP contribution in [-0.4, -0.2) is 31.8 Å². The third kappa shape index (κ3) is 2.18. The van der Waals surface area contributed by atoms with E-state index in [4.69, 9.17) is 4.74 Å². The second kappa shape index (κ2) is 5.04. The van der Waals surface area contributed by atoms with Gasteiger partial charge in [-0.1, -0.05) is 0 Å². The van der Waals surface area contributed by atoms with E-state index in [-0.39, 0.29) is 5.75 Å². The van der Waals surface area contributed by atoms with Gasteiger partial charge in [0, 0.05) is 18.5 Å². The molecule has 0 aliphatic heterocycles. The highest BCUT2D eigenvalue weighted by molar-refractivity contribution is 7.99. The van der Waals surface area contributed by atoms with Gasteiger partial charge in [0.25, 0.3) is 0 Å². The van der Waals surface area contributed by atoms with Gasteiger partial charge >= 0.3 is 0 Å². The van der Waals surface area contributed by atoms with Crippen molar-refractivity contribution in [2.75, 3.05) is 7.11 Å². The summed E-state index contributed by atoms with van der Waals surface area (Å²) in [5.41, 5.74) is 0.517. The highest BCUT2D eigenvalue weighted by atomic mass is 32.2. The predicted molar refractivity (Wildman–Crippen MR) is 71.2 cm³/mol. The third-order valence-corrected chi connectivity index (χ3v) is 3.80. The zero-order valence-electron chi connectivity index (χ0n) is 10.7. The van der Waals surface area contributed by atoms with Crippen LogP contribution in [0, 0.1) is 5.82 Å². The van der Waals surface area contributed by atoms with Gasteiger partial charge in [-0.05, 0) is 17.8 Å². The maximum atomic E-state index is 13.7. The summed E-state index contributed by atoms with van der Waals surface area (Å²) in [4.78, 5) is 12.4. The van der Waals surface area contributed by atoms with Crippen molar-refractivity contribution in [2.45, 2.75) is 10.2 Å². The molecule has 0 aliphatic carbocycles. The van der Waals surface area contributed by atoms with Gasteiger partial charge in [0.05, 0.1) is 12.6 Å². The number of methoxy groups -OCH3 is 1. The number of hydrogen-bond donors (Lipinski definition) is 0. The summed E-state index contributed by atoms with van der Waals surface area (Å²) in [6.45, 7) is 0. The number of fused-ring (bicyclic) bond motifs is 1. The van der Waals surface area contributed by atoms with E-state index in [1.165, 1.54) is 37.6 Å². The normalized spacial score (nSPS) is 10.9. The maximum absolute atomic E-state index is 13.7. The van der Waals surface area contributed by atoms with Gasteiger partial charge in [-0.15, -0.1) is 0 Å². The molecular formula is C12H10FN5OS. The highest BCUT2D eigenvalue weighted by Crippen LogP contribution is 2.32. The molecule has 0 aliphatic rings. The van der Waals surface area contributed by atoms with Gasteiger partial charge in [-0.3, -0.25) is 0 Å². The van der Waals surface area contributed by atoms with Gasteiger partial charge in [-0.2, -0.15) is 5.10 Å². The summed E-state index contributed by atoms with van der Waals surface area (Å²) in [6.07, 6.45) is 2.86. The summed E-state index contributed by atoms with van der Waals surface area (Å²) >= 11 is 1.34. The quantitative estimate of drug-likeness (QED) is 0.688. The van der Waals surface area contributed by atoms with Crippen molar-refractivity contribution in [1.82, 2.24) is 24.7 Å². The second-order valence-corrected chi connectivity index (χ2v) is 4.91. The standard InChI is InChI=1S/C12H10FN5OS/c1-18-12(16-6-17-18)20-11-7-3-10(19-2)8(13)4-9(7)14-5-15-11/h3-6H,1-2H3. The summed E-state index contributed by atoms with van der Waals surface area (Å²) < 4.78 is 20.3. The van der Waals surface area contributed by atoms with E-state index in [1.54, 1.807) is 17.8 Å². The van der Waals surface area contributed by atoms with E-state index in [0.29, 0.717) is 21.1 Å².